The third-order valence-electron chi connectivity index (χ3n) is 5.32. The number of hydrogen-bond donors (Lipinski definition) is 0. The van der Waals surface area contributed by atoms with Gasteiger partial charge in [-0.1, -0.05) is 25.7 Å². The summed E-state index contributed by atoms with van der Waals surface area (Å²) in [5.41, 5.74) is 0. The maximum atomic E-state index is 12.5. The van der Waals surface area contributed by atoms with E-state index in [0.717, 1.165) is 12.3 Å². The van der Waals surface area contributed by atoms with Gasteiger partial charge >= 0.3 is 0 Å². The van der Waals surface area contributed by atoms with E-state index >= 15 is 0 Å². The number of methoxy groups -OCH3 is 1. The van der Waals surface area contributed by atoms with Gasteiger partial charge in [0.2, 0.25) is 5.91 Å². The minimum atomic E-state index is -0.111. The van der Waals surface area contributed by atoms with Gasteiger partial charge in [-0.3, -0.25) is 9.59 Å². The molecule has 25 heavy (non-hydrogen) atoms. The Morgan fingerprint density at radius 2 is 1.80 bits per heavy atom. The molecule has 2 aliphatic rings. The van der Waals surface area contributed by atoms with E-state index in [-0.39, 0.29) is 11.8 Å². The molecule has 6 heteroatoms. The molecule has 0 unspecified atom stereocenters. The van der Waals surface area contributed by atoms with Crippen molar-refractivity contribution in [3.63, 3.8) is 0 Å². The average Bonchev–Trinajstić information content (AvgIpc) is 3.31. The summed E-state index contributed by atoms with van der Waals surface area (Å²) in [5, 5.41) is 0. The van der Waals surface area contributed by atoms with Gasteiger partial charge in [-0.15, -0.1) is 0 Å². The van der Waals surface area contributed by atoms with Crippen LogP contribution in [0.5, 0.6) is 0 Å². The molecule has 2 heterocycles. The molecule has 0 atom stereocenters. The van der Waals surface area contributed by atoms with Crippen molar-refractivity contribution in [3.8, 4) is 0 Å². The van der Waals surface area contributed by atoms with Gasteiger partial charge in [0.25, 0.3) is 5.91 Å². The summed E-state index contributed by atoms with van der Waals surface area (Å²) < 4.78 is 10.5. The molecule has 0 N–H and O–H groups in total. The summed E-state index contributed by atoms with van der Waals surface area (Å²) in [4.78, 5) is 28.5. The number of piperazine rings is 1. The molecule has 1 saturated heterocycles. The Morgan fingerprint density at radius 1 is 1.12 bits per heavy atom. The Balaban J connectivity index is 1.44. The van der Waals surface area contributed by atoms with Crippen molar-refractivity contribution in [3.05, 3.63) is 23.7 Å². The second-order valence-electron chi connectivity index (χ2n) is 7.06. The molecule has 2 amide bonds. The highest BCUT2D eigenvalue weighted by Gasteiger charge is 2.27. The third kappa shape index (κ3) is 4.63. The fourth-order valence-corrected chi connectivity index (χ4v) is 3.81. The first kappa shape index (κ1) is 18.0. The summed E-state index contributed by atoms with van der Waals surface area (Å²) >= 11 is 0. The second-order valence-corrected chi connectivity index (χ2v) is 7.06. The number of nitrogens with zero attached hydrogens (tertiary/aromatic N) is 2. The molecule has 1 aromatic rings. The van der Waals surface area contributed by atoms with Gasteiger partial charge in [0.05, 0.1) is 0 Å². The quantitative estimate of drug-likeness (QED) is 0.793. The molecule has 0 spiro atoms. The third-order valence-corrected chi connectivity index (χ3v) is 5.32. The van der Waals surface area contributed by atoms with Gasteiger partial charge in [0.1, 0.15) is 12.4 Å². The van der Waals surface area contributed by atoms with Gasteiger partial charge in [-0.25, -0.2) is 0 Å². The molecule has 0 radical (unpaired) electrons. The summed E-state index contributed by atoms with van der Waals surface area (Å²) in [5.74, 6) is 1.85. The molecule has 6 nitrogen and oxygen atoms in total. The van der Waals surface area contributed by atoms with Crippen molar-refractivity contribution in [1.29, 1.82) is 0 Å². The molecule has 1 aromatic heterocycles. The lowest BCUT2D eigenvalue weighted by molar-refractivity contribution is -0.133. The van der Waals surface area contributed by atoms with Gasteiger partial charge in [-0.05, 0) is 24.5 Å². The molecular formula is C19H28N2O4. The van der Waals surface area contributed by atoms with Crippen LogP contribution in [0.15, 0.2) is 16.5 Å². The van der Waals surface area contributed by atoms with Crippen LogP contribution in [0, 0.1) is 5.92 Å². The molecule has 1 saturated carbocycles. The SMILES string of the molecule is COCc1ccc(C(=O)N2CCN(C(=O)CCC3CCCC3)CC2)o1. The number of rotatable bonds is 6. The lowest BCUT2D eigenvalue weighted by atomic mass is 10.0. The Morgan fingerprint density at radius 3 is 2.48 bits per heavy atom. The minimum Gasteiger partial charge on any atom is -0.453 e. The zero-order valence-electron chi connectivity index (χ0n) is 15.0. The highest BCUT2D eigenvalue weighted by Crippen LogP contribution is 2.28. The summed E-state index contributed by atoms with van der Waals surface area (Å²) in [6.45, 7) is 2.71. The molecule has 0 bridgehead atoms. The van der Waals surface area contributed by atoms with Crippen LogP contribution in [-0.4, -0.2) is 54.9 Å². The first-order valence-corrected chi connectivity index (χ1v) is 9.32. The molecule has 0 aromatic carbocycles. The summed E-state index contributed by atoms with van der Waals surface area (Å²) in [6.07, 6.45) is 6.87. The van der Waals surface area contributed by atoms with Crippen molar-refractivity contribution >= 4 is 11.8 Å². The van der Waals surface area contributed by atoms with E-state index in [1.807, 2.05) is 4.90 Å². The van der Waals surface area contributed by atoms with Crippen LogP contribution < -0.4 is 0 Å². The zero-order valence-corrected chi connectivity index (χ0v) is 15.0. The van der Waals surface area contributed by atoms with Crippen LogP contribution >= 0.6 is 0 Å². The van der Waals surface area contributed by atoms with Crippen LogP contribution in [0.25, 0.3) is 0 Å². The Labute approximate surface area is 149 Å². The van der Waals surface area contributed by atoms with Crippen molar-refractivity contribution in [2.75, 3.05) is 33.3 Å². The van der Waals surface area contributed by atoms with E-state index in [0.29, 0.717) is 50.7 Å². The van der Waals surface area contributed by atoms with Gasteiger partial charge in [0.15, 0.2) is 5.76 Å². The maximum Gasteiger partial charge on any atom is 0.289 e. The Kier molecular flexibility index (Phi) is 6.13. The van der Waals surface area contributed by atoms with Crippen molar-refractivity contribution in [2.24, 2.45) is 5.92 Å². The lowest BCUT2D eigenvalue weighted by Crippen LogP contribution is -2.50. The van der Waals surface area contributed by atoms with Crippen molar-refractivity contribution < 1.29 is 18.7 Å². The standard InChI is InChI=1S/C19H28N2O4/c1-24-14-16-7-8-17(25-16)19(23)21-12-10-20(11-13-21)18(22)9-6-15-4-2-3-5-15/h7-8,15H,2-6,9-14H2,1H3. The van der Waals surface area contributed by atoms with Gasteiger partial charge < -0.3 is 19.0 Å². The molecular weight excluding hydrogens is 320 g/mol. The fourth-order valence-electron chi connectivity index (χ4n) is 3.81. The molecule has 2 fully saturated rings. The second kappa shape index (κ2) is 8.52. The largest absolute Gasteiger partial charge is 0.453 e. The molecule has 1 aliphatic heterocycles. The van der Waals surface area contributed by atoms with Crippen molar-refractivity contribution in [1.82, 2.24) is 9.80 Å². The first-order valence-electron chi connectivity index (χ1n) is 9.32. The number of furan rings is 1. The smallest absolute Gasteiger partial charge is 0.289 e. The average molecular weight is 348 g/mol. The van der Waals surface area contributed by atoms with E-state index in [1.165, 1.54) is 25.7 Å². The van der Waals surface area contributed by atoms with E-state index in [9.17, 15) is 9.59 Å². The normalized spacial score (nSPS) is 18.8. The van der Waals surface area contributed by atoms with E-state index in [1.54, 1.807) is 24.1 Å². The molecule has 3 rings (SSSR count). The fraction of sp³-hybridized carbons (Fsp3) is 0.684. The molecule has 138 valence electrons. The lowest BCUT2D eigenvalue weighted by Gasteiger charge is -2.34. The van der Waals surface area contributed by atoms with Crippen LogP contribution in [0.4, 0.5) is 0 Å². The van der Waals surface area contributed by atoms with Crippen LogP contribution in [0.2, 0.25) is 0 Å². The van der Waals surface area contributed by atoms with Crippen molar-refractivity contribution in [2.45, 2.75) is 45.1 Å². The predicted molar refractivity (Wildman–Crippen MR) is 93.1 cm³/mol. The number of carbonyl (C=O) groups excluding carboxylic acids is 2. The highest BCUT2D eigenvalue weighted by atomic mass is 16.5. The molecule has 1 aliphatic carbocycles. The van der Waals surface area contributed by atoms with E-state index < -0.39 is 0 Å². The zero-order chi connectivity index (χ0) is 17.6. The summed E-state index contributed by atoms with van der Waals surface area (Å²) in [6, 6.07) is 3.45. The topological polar surface area (TPSA) is 63.0 Å². The number of amides is 2. The van der Waals surface area contributed by atoms with Gasteiger partial charge in [0, 0.05) is 39.7 Å². The Bertz CT molecular complexity index is 584. The van der Waals surface area contributed by atoms with E-state index in [2.05, 4.69) is 0 Å². The first-order chi connectivity index (χ1) is 12.2. The van der Waals surface area contributed by atoms with Crippen LogP contribution in [-0.2, 0) is 16.1 Å². The predicted octanol–water partition coefficient (Wildman–Crippen LogP) is 2.68. The van der Waals surface area contributed by atoms with Crippen LogP contribution in [0.1, 0.15) is 54.8 Å². The maximum absolute atomic E-state index is 12.5. The number of ether oxygens (including phenoxy) is 1. The van der Waals surface area contributed by atoms with Gasteiger partial charge in [-0.2, -0.15) is 0 Å². The minimum absolute atomic E-state index is 0.111. The monoisotopic (exact) mass is 348 g/mol. The number of hydrogen-bond acceptors (Lipinski definition) is 4. The summed E-state index contributed by atoms with van der Waals surface area (Å²) in [7, 11) is 1.59. The Hall–Kier alpha value is -1.82. The number of carbonyl (C=O) groups is 2. The van der Waals surface area contributed by atoms with E-state index in [4.69, 9.17) is 9.15 Å². The highest BCUT2D eigenvalue weighted by molar-refractivity contribution is 5.91. The van der Waals surface area contributed by atoms with Crippen LogP contribution in [0.3, 0.4) is 0 Å².